The molecule has 240 valence electrons. The number of rotatable bonds is 11. The van der Waals surface area contributed by atoms with Gasteiger partial charge in [0.25, 0.3) is 5.91 Å². The van der Waals surface area contributed by atoms with E-state index in [0.717, 1.165) is 24.0 Å². The highest BCUT2D eigenvalue weighted by molar-refractivity contribution is 6.35. The Hall–Kier alpha value is -3.85. The molecule has 8 nitrogen and oxygen atoms in total. The third kappa shape index (κ3) is 11.5. The zero-order valence-corrected chi connectivity index (χ0v) is 27.2. The van der Waals surface area contributed by atoms with Gasteiger partial charge in [-0.2, -0.15) is 0 Å². The highest BCUT2D eigenvalue weighted by Gasteiger charge is 2.19. The molecule has 0 heterocycles. The lowest BCUT2D eigenvalue weighted by molar-refractivity contribution is -0.146. The Bertz CT molecular complexity index is 1440. The van der Waals surface area contributed by atoms with Gasteiger partial charge in [-0.1, -0.05) is 86.7 Å². The first kappa shape index (κ1) is 35.6. The molecule has 3 amide bonds. The average Bonchev–Trinajstić information content (AvgIpc) is 3.03. The van der Waals surface area contributed by atoms with Gasteiger partial charge in [-0.05, 0) is 84.8 Å². The Labute approximate surface area is 275 Å². The van der Waals surface area contributed by atoms with Gasteiger partial charge < -0.3 is 20.8 Å². The van der Waals surface area contributed by atoms with Crippen LogP contribution in [0, 0.1) is 0 Å². The van der Waals surface area contributed by atoms with Gasteiger partial charge in [0.2, 0.25) is 0 Å². The van der Waals surface area contributed by atoms with E-state index in [4.69, 9.17) is 28.3 Å². The van der Waals surface area contributed by atoms with Crippen LogP contribution in [0.5, 0.6) is 0 Å². The minimum atomic E-state index is -1.69. The third-order valence-electron chi connectivity index (χ3n) is 7.20. The number of carbonyl (C=O) groups is 3. The topological polar surface area (TPSA) is 119 Å². The standard InChI is InChI=1S/C30H29Cl2N3O5.C5H12/c31-23-14-24(32)16-25(15-23)34-30(40)35(26-12-10-21(11-13-26)20-4-2-1-3-5-20)18-19-6-8-22(9-7-19)28(37)33-17-27(36)29(38)39;1-3-5-4-2/h4,6-16,27,36H,1-3,5,17-18H2,(H,33,37)(H,34,40)(H,38,39);3-5H2,1-2H3. The van der Waals surface area contributed by atoms with E-state index >= 15 is 0 Å². The van der Waals surface area contributed by atoms with E-state index in [0.29, 0.717) is 21.4 Å². The van der Waals surface area contributed by atoms with Crippen LogP contribution in [0.1, 0.15) is 80.3 Å². The second kappa shape index (κ2) is 18.2. The van der Waals surface area contributed by atoms with Crippen LogP contribution in [0.2, 0.25) is 10.0 Å². The molecule has 0 radical (unpaired) electrons. The zero-order valence-electron chi connectivity index (χ0n) is 25.7. The minimum absolute atomic E-state index is 0.196. The Balaban J connectivity index is 0.00000102. The molecule has 1 atom stereocenters. The van der Waals surface area contributed by atoms with Gasteiger partial charge in [0.1, 0.15) is 0 Å². The first-order valence-electron chi connectivity index (χ1n) is 15.2. The number of allylic oxidation sites excluding steroid dienone is 2. The third-order valence-corrected chi connectivity index (χ3v) is 7.64. The molecular formula is C35H41Cl2N3O5. The SMILES string of the molecule is CCCCC.O=C(NCC(O)C(=O)O)c1ccc(CN(C(=O)Nc2cc(Cl)cc(Cl)c2)c2ccc(C3=CCCCC3)cc2)cc1. The lowest BCUT2D eigenvalue weighted by atomic mass is 9.93. The maximum atomic E-state index is 13.5. The van der Waals surface area contributed by atoms with Crippen molar-refractivity contribution in [2.24, 2.45) is 0 Å². The summed E-state index contributed by atoms with van der Waals surface area (Å²) in [5, 5.41) is 24.2. The molecule has 0 aromatic heterocycles. The van der Waals surface area contributed by atoms with E-state index in [9.17, 15) is 19.5 Å². The number of unbranched alkanes of at least 4 members (excludes halogenated alkanes) is 2. The molecule has 0 fully saturated rings. The normalized spacial score (nSPS) is 13.0. The van der Waals surface area contributed by atoms with Crippen molar-refractivity contribution in [2.75, 3.05) is 16.8 Å². The number of nitrogens with zero attached hydrogens (tertiary/aromatic N) is 1. The van der Waals surface area contributed by atoms with Gasteiger partial charge >= 0.3 is 12.0 Å². The van der Waals surface area contributed by atoms with Gasteiger partial charge in [0, 0.05) is 27.0 Å². The predicted octanol–water partition coefficient (Wildman–Crippen LogP) is 8.56. The largest absolute Gasteiger partial charge is 0.479 e. The van der Waals surface area contributed by atoms with Crippen molar-refractivity contribution in [1.29, 1.82) is 0 Å². The van der Waals surface area contributed by atoms with Crippen LogP contribution in [-0.2, 0) is 11.3 Å². The van der Waals surface area contributed by atoms with Crippen LogP contribution in [-0.4, -0.2) is 40.8 Å². The number of aliphatic hydroxyl groups is 1. The molecule has 0 saturated carbocycles. The van der Waals surface area contributed by atoms with Crippen molar-refractivity contribution < 1.29 is 24.6 Å². The van der Waals surface area contributed by atoms with Crippen molar-refractivity contribution >= 4 is 58.1 Å². The lowest BCUT2D eigenvalue weighted by Gasteiger charge is -2.24. The molecular weight excluding hydrogens is 613 g/mol. The number of aliphatic carboxylic acids is 1. The second-order valence-corrected chi connectivity index (χ2v) is 11.7. The first-order chi connectivity index (χ1) is 21.6. The maximum absolute atomic E-state index is 13.5. The van der Waals surface area contributed by atoms with Crippen LogP contribution >= 0.6 is 23.2 Å². The molecule has 4 rings (SSSR count). The van der Waals surface area contributed by atoms with E-state index in [1.807, 2.05) is 24.3 Å². The number of carbonyl (C=O) groups excluding carboxylic acids is 2. The van der Waals surface area contributed by atoms with E-state index in [-0.39, 0.29) is 12.1 Å². The lowest BCUT2D eigenvalue weighted by Crippen LogP contribution is -2.36. The molecule has 45 heavy (non-hydrogen) atoms. The van der Waals surface area contributed by atoms with Crippen LogP contribution in [0.15, 0.2) is 72.8 Å². The fourth-order valence-electron chi connectivity index (χ4n) is 4.73. The summed E-state index contributed by atoms with van der Waals surface area (Å²) < 4.78 is 0. The molecule has 1 unspecified atom stereocenters. The number of halogens is 2. The molecule has 0 bridgehead atoms. The van der Waals surface area contributed by atoms with Gasteiger partial charge in [0.15, 0.2) is 6.10 Å². The molecule has 1 aliphatic carbocycles. The first-order valence-corrected chi connectivity index (χ1v) is 16.0. The average molecular weight is 655 g/mol. The number of carboxylic acids is 1. The Morgan fingerprint density at radius 3 is 2.09 bits per heavy atom. The van der Waals surface area contributed by atoms with Crippen molar-refractivity contribution in [3.63, 3.8) is 0 Å². The number of anilines is 2. The van der Waals surface area contributed by atoms with E-state index in [1.54, 1.807) is 47.4 Å². The van der Waals surface area contributed by atoms with E-state index < -0.39 is 30.6 Å². The van der Waals surface area contributed by atoms with Crippen molar-refractivity contribution in [3.05, 3.63) is 99.5 Å². The molecule has 0 aliphatic heterocycles. The van der Waals surface area contributed by atoms with Crippen molar-refractivity contribution in [1.82, 2.24) is 5.32 Å². The van der Waals surface area contributed by atoms with Gasteiger partial charge in [-0.15, -0.1) is 0 Å². The van der Waals surface area contributed by atoms with E-state index in [1.165, 1.54) is 37.7 Å². The summed E-state index contributed by atoms with van der Waals surface area (Å²) in [6, 6.07) is 18.8. The molecule has 3 aromatic carbocycles. The number of amides is 3. The summed E-state index contributed by atoms with van der Waals surface area (Å²) >= 11 is 12.2. The van der Waals surface area contributed by atoms with Crippen LogP contribution in [0.4, 0.5) is 16.2 Å². The second-order valence-electron chi connectivity index (χ2n) is 10.8. The summed E-state index contributed by atoms with van der Waals surface area (Å²) in [6.07, 6.45) is 9.13. The smallest absolute Gasteiger partial charge is 0.334 e. The molecule has 3 aromatic rings. The Kier molecular flexibility index (Phi) is 14.4. The fraction of sp³-hybridized carbons (Fsp3) is 0.343. The van der Waals surface area contributed by atoms with Gasteiger partial charge in [0.05, 0.1) is 13.1 Å². The van der Waals surface area contributed by atoms with Crippen molar-refractivity contribution in [3.8, 4) is 0 Å². The predicted molar refractivity (Wildman–Crippen MR) is 182 cm³/mol. The molecule has 4 N–H and O–H groups in total. The highest BCUT2D eigenvalue weighted by Crippen LogP contribution is 2.29. The number of urea groups is 1. The van der Waals surface area contributed by atoms with E-state index in [2.05, 4.69) is 30.6 Å². The Morgan fingerprint density at radius 2 is 1.56 bits per heavy atom. The van der Waals surface area contributed by atoms with Crippen molar-refractivity contribution in [2.45, 2.75) is 71.4 Å². The maximum Gasteiger partial charge on any atom is 0.334 e. The number of hydrogen-bond acceptors (Lipinski definition) is 4. The zero-order chi connectivity index (χ0) is 32.8. The number of aliphatic hydroxyl groups excluding tert-OH is 1. The highest BCUT2D eigenvalue weighted by atomic mass is 35.5. The molecule has 0 spiro atoms. The minimum Gasteiger partial charge on any atom is -0.479 e. The fourth-order valence-corrected chi connectivity index (χ4v) is 5.26. The monoisotopic (exact) mass is 653 g/mol. The number of nitrogens with one attached hydrogen (secondary N) is 2. The summed E-state index contributed by atoms with van der Waals surface area (Å²) in [5.74, 6) is -1.94. The summed E-state index contributed by atoms with van der Waals surface area (Å²) in [6.45, 7) is 4.21. The number of hydrogen-bond donors (Lipinski definition) is 4. The summed E-state index contributed by atoms with van der Waals surface area (Å²) in [4.78, 5) is 38.2. The molecule has 10 heteroatoms. The number of benzene rings is 3. The quantitative estimate of drug-likeness (QED) is 0.165. The molecule has 0 saturated heterocycles. The van der Waals surface area contributed by atoms with Gasteiger partial charge in [-0.3, -0.25) is 9.69 Å². The molecule has 1 aliphatic rings. The van der Waals surface area contributed by atoms with Crippen LogP contribution < -0.4 is 15.5 Å². The van der Waals surface area contributed by atoms with Crippen LogP contribution in [0.25, 0.3) is 5.57 Å². The van der Waals surface area contributed by atoms with Crippen LogP contribution in [0.3, 0.4) is 0 Å². The van der Waals surface area contributed by atoms with Gasteiger partial charge in [-0.25, -0.2) is 9.59 Å². The summed E-state index contributed by atoms with van der Waals surface area (Å²) in [5.41, 5.74) is 4.61. The Morgan fingerprint density at radius 1 is 0.911 bits per heavy atom. The number of carboxylic acid groups (broad SMARTS) is 1. The summed E-state index contributed by atoms with van der Waals surface area (Å²) in [7, 11) is 0.